The van der Waals surface area contributed by atoms with E-state index in [9.17, 15) is 0 Å². The molecule has 0 fully saturated rings. The summed E-state index contributed by atoms with van der Waals surface area (Å²) in [5, 5.41) is 3.11. The van der Waals surface area contributed by atoms with Crippen molar-refractivity contribution < 1.29 is 4.74 Å². The SMILES string of the molecule is CCCOc1ccc(-c2nc(C)nc(NC)c2C)cc1. The Hall–Kier alpha value is -2.10. The molecule has 0 atom stereocenters. The van der Waals surface area contributed by atoms with Gasteiger partial charge in [-0.05, 0) is 44.5 Å². The summed E-state index contributed by atoms with van der Waals surface area (Å²) in [7, 11) is 1.88. The average Bonchev–Trinajstić information content (AvgIpc) is 2.47. The summed E-state index contributed by atoms with van der Waals surface area (Å²) in [5.74, 6) is 2.54. The van der Waals surface area contributed by atoms with Crippen LogP contribution in [-0.4, -0.2) is 23.6 Å². The Morgan fingerprint density at radius 1 is 1.10 bits per heavy atom. The van der Waals surface area contributed by atoms with Crippen molar-refractivity contribution in [1.82, 2.24) is 9.97 Å². The van der Waals surface area contributed by atoms with E-state index < -0.39 is 0 Å². The Labute approximate surface area is 120 Å². The maximum absolute atomic E-state index is 5.60. The number of ether oxygens (including phenoxy) is 1. The van der Waals surface area contributed by atoms with Gasteiger partial charge in [-0.3, -0.25) is 0 Å². The molecule has 1 aromatic heterocycles. The number of benzene rings is 1. The van der Waals surface area contributed by atoms with E-state index in [0.717, 1.165) is 47.2 Å². The first-order valence-electron chi connectivity index (χ1n) is 6.92. The molecule has 0 aliphatic heterocycles. The highest BCUT2D eigenvalue weighted by atomic mass is 16.5. The number of nitrogens with zero attached hydrogens (tertiary/aromatic N) is 2. The van der Waals surface area contributed by atoms with E-state index in [-0.39, 0.29) is 0 Å². The van der Waals surface area contributed by atoms with Gasteiger partial charge < -0.3 is 10.1 Å². The highest BCUT2D eigenvalue weighted by Crippen LogP contribution is 2.27. The lowest BCUT2D eigenvalue weighted by molar-refractivity contribution is 0.317. The van der Waals surface area contributed by atoms with Gasteiger partial charge in [0.05, 0.1) is 12.3 Å². The van der Waals surface area contributed by atoms with Crippen LogP contribution < -0.4 is 10.1 Å². The van der Waals surface area contributed by atoms with E-state index in [1.54, 1.807) is 0 Å². The summed E-state index contributed by atoms with van der Waals surface area (Å²) in [5.41, 5.74) is 3.09. The molecule has 0 aliphatic carbocycles. The molecule has 0 bridgehead atoms. The summed E-state index contributed by atoms with van der Waals surface area (Å²) < 4.78 is 5.60. The molecule has 0 spiro atoms. The lowest BCUT2D eigenvalue weighted by atomic mass is 10.1. The molecular weight excluding hydrogens is 250 g/mol. The summed E-state index contributed by atoms with van der Waals surface area (Å²) in [6.07, 6.45) is 1.01. The number of anilines is 1. The summed E-state index contributed by atoms with van der Waals surface area (Å²) in [4.78, 5) is 8.94. The molecule has 0 radical (unpaired) electrons. The zero-order chi connectivity index (χ0) is 14.5. The molecule has 0 saturated heterocycles. The predicted octanol–water partition coefficient (Wildman–Crippen LogP) is 3.59. The third kappa shape index (κ3) is 3.07. The van der Waals surface area contributed by atoms with E-state index in [0.29, 0.717) is 0 Å². The third-order valence-corrected chi connectivity index (χ3v) is 3.10. The van der Waals surface area contributed by atoms with Crippen LogP contribution in [0.2, 0.25) is 0 Å². The molecule has 0 aliphatic rings. The van der Waals surface area contributed by atoms with Crippen molar-refractivity contribution in [2.24, 2.45) is 0 Å². The Balaban J connectivity index is 2.34. The van der Waals surface area contributed by atoms with Crippen LogP contribution in [-0.2, 0) is 0 Å². The van der Waals surface area contributed by atoms with Gasteiger partial charge in [-0.25, -0.2) is 9.97 Å². The topological polar surface area (TPSA) is 47.0 Å². The minimum Gasteiger partial charge on any atom is -0.494 e. The second-order valence-electron chi connectivity index (χ2n) is 4.72. The van der Waals surface area contributed by atoms with E-state index in [1.165, 1.54) is 0 Å². The van der Waals surface area contributed by atoms with Crippen LogP contribution in [0.4, 0.5) is 5.82 Å². The molecule has 4 nitrogen and oxygen atoms in total. The largest absolute Gasteiger partial charge is 0.494 e. The van der Waals surface area contributed by atoms with Crippen molar-refractivity contribution >= 4 is 5.82 Å². The predicted molar refractivity (Wildman–Crippen MR) is 82.3 cm³/mol. The molecule has 0 amide bonds. The number of hydrogen-bond donors (Lipinski definition) is 1. The van der Waals surface area contributed by atoms with E-state index in [2.05, 4.69) is 22.2 Å². The summed E-state index contributed by atoms with van der Waals surface area (Å²) in [6, 6.07) is 8.06. The molecule has 20 heavy (non-hydrogen) atoms. The average molecular weight is 271 g/mol. The Morgan fingerprint density at radius 2 is 1.80 bits per heavy atom. The van der Waals surface area contributed by atoms with E-state index in [4.69, 9.17) is 4.74 Å². The van der Waals surface area contributed by atoms with Crippen LogP contribution in [0.25, 0.3) is 11.3 Å². The molecule has 4 heteroatoms. The third-order valence-electron chi connectivity index (χ3n) is 3.10. The van der Waals surface area contributed by atoms with Gasteiger partial charge in [0, 0.05) is 18.2 Å². The van der Waals surface area contributed by atoms with Gasteiger partial charge in [-0.1, -0.05) is 6.92 Å². The lowest BCUT2D eigenvalue weighted by Crippen LogP contribution is -2.02. The zero-order valence-electron chi connectivity index (χ0n) is 12.5. The maximum atomic E-state index is 5.60. The van der Waals surface area contributed by atoms with Crippen molar-refractivity contribution in [3.05, 3.63) is 35.7 Å². The minimum absolute atomic E-state index is 0.745. The molecule has 106 valence electrons. The standard InChI is InChI=1S/C16H21N3O/c1-5-10-20-14-8-6-13(7-9-14)15-11(2)16(17-4)19-12(3)18-15/h6-9H,5,10H2,1-4H3,(H,17,18,19). The van der Waals surface area contributed by atoms with Crippen molar-refractivity contribution in [3.8, 4) is 17.0 Å². The maximum Gasteiger partial charge on any atom is 0.132 e. The normalized spacial score (nSPS) is 10.4. The molecule has 2 aromatic rings. The van der Waals surface area contributed by atoms with Crippen LogP contribution in [0.3, 0.4) is 0 Å². The molecule has 1 heterocycles. The number of hydrogen-bond acceptors (Lipinski definition) is 4. The highest BCUT2D eigenvalue weighted by Gasteiger charge is 2.10. The monoisotopic (exact) mass is 271 g/mol. The van der Waals surface area contributed by atoms with Crippen LogP contribution >= 0.6 is 0 Å². The Bertz CT molecular complexity index is 579. The van der Waals surface area contributed by atoms with Gasteiger partial charge in [-0.15, -0.1) is 0 Å². The lowest BCUT2D eigenvalue weighted by Gasteiger charge is -2.11. The molecule has 1 aromatic carbocycles. The fraction of sp³-hybridized carbons (Fsp3) is 0.375. The van der Waals surface area contributed by atoms with Crippen molar-refractivity contribution in [1.29, 1.82) is 0 Å². The number of aryl methyl sites for hydroxylation is 1. The molecule has 0 unspecified atom stereocenters. The molecular formula is C16H21N3O. The fourth-order valence-corrected chi connectivity index (χ4v) is 2.08. The van der Waals surface area contributed by atoms with Crippen molar-refractivity contribution in [2.45, 2.75) is 27.2 Å². The van der Waals surface area contributed by atoms with Gasteiger partial charge in [0.25, 0.3) is 0 Å². The van der Waals surface area contributed by atoms with Crippen molar-refractivity contribution in [2.75, 3.05) is 19.0 Å². The van der Waals surface area contributed by atoms with Gasteiger partial charge in [0.1, 0.15) is 17.4 Å². The van der Waals surface area contributed by atoms with Gasteiger partial charge in [0.2, 0.25) is 0 Å². The first kappa shape index (κ1) is 14.3. The van der Waals surface area contributed by atoms with Gasteiger partial charge >= 0.3 is 0 Å². The number of aromatic nitrogens is 2. The van der Waals surface area contributed by atoms with Gasteiger partial charge in [-0.2, -0.15) is 0 Å². The highest BCUT2D eigenvalue weighted by molar-refractivity contribution is 5.68. The second kappa shape index (κ2) is 6.37. The second-order valence-corrected chi connectivity index (χ2v) is 4.72. The van der Waals surface area contributed by atoms with E-state index >= 15 is 0 Å². The summed E-state index contributed by atoms with van der Waals surface area (Å²) in [6.45, 7) is 6.78. The van der Waals surface area contributed by atoms with Gasteiger partial charge in [0.15, 0.2) is 0 Å². The minimum atomic E-state index is 0.745. The molecule has 0 saturated carbocycles. The Morgan fingerprint density at radius 3 is 2.40 bits per heavy atom. The number of rotatable bonds is 5. The summed E-state index contributed by atoms with van der Waals surface area (Å²) >= 11 is 0. The zero-order valence-corrected chi connectivity index (χ0v) is 12.5. The van der Waals surface area contributed by atoms with E-state index in [1.807, 2.05) is 45.2 Å². The van der Waals surface area contributed by atoms with Crippen LogP contribution in [0.15, 0.2) is 24.3 Å². The van der Waals surface area contributed by atoms with Crippen LogP contribution in [0.5, 0.6) is 5.75 Å². The fourth-order valence-electron chi connectivity index (χ4n) is 2.08. The first-order valence-corrected chi connectivity index (χ1v) is 6.92. The first-order chi connectivity index (χ1) is 9.65. The van der Waals surface area contributed by atoms with Crippen LogP contribution in [0, 0.1) is 13.8 Å². The van der Waals surface area contributed by atoms with Crippen LogP contribution in [0.1, 0.15) is 24.7 Å². The molecule has 1 N–H and O–H groups in total. The Kier molecular flexibility index (Phi) is 4.56. The number of nitrogens with one attached hydrogen (secondary N) is 1. The molecule has 2 rings (SSSR count). The smallest absolute Gasteiger partial charge is 0.132 e. The quantitative estimate of drug-likeness (QED) is 0.902. The van der Waals surface area contributed by atoms with Crippen molar-refractivity contribution in [3.63, 3.8) is 0 Å².